The summed E-state index contributed by atoms with van der Waals surface area (Å²) in [7, 11) is 0. The molecular weight excluding hydrogens is 174 g/mol. The number of hydrogen-bond acceptors (Lipinski definition) is 3. The van der Waals surface area contributed by atoms with Crippen molar-refractivity contribution in [2.75, 3.05) is 0 Å². The van der Waals surface area contributed by atoms with Crippen LogP contribution in [-0.2, 0) is 4.79 Å². The molecule has 0 bridgehead atoms. The molecule has 1 unspecified atom stereocenters. The van der Waals surface area contributed by atoms with Gasteiger partial charge in [-0.05, 0) is 13.8 Å². The molecule has 0 saturated heterocycles. The third-order valence-corrected chi connectivity index (χ3v) is 1.21. The van der Waals surface area contributed by atoms with Crippen LogP contribution in [-0.4, -0.2) is 34.6 Å². The Bertz CT molecular complexity index is 227. The van der Waals surface area contributed by atoms with Crippen molar-refractivity contribution in [3.63, 3.8) is 0 Å². The van der Waals surface area contributed by atoms with Crippen LogP contribution in [0.5, 0.6) is 0 Å². The van der Waals surface area contributed by atoms with E-state index in [0.717, 1.165) is 0 Å². The van der Waals surface area contributed by atoms with Gasteiger partial charge in [0.25, 0.3) is 0 Å². The molecule has 0 aliphatic rings. The fraction of sp³-hybridized carbons (Fsp3) is 0.571. The van der Waals surface area contributed by atoms with E-state index in [-0.39, 0.29) is 5.91 Å². The first-order chi connectivity index (χ1) is 5.99. The predicted octanol–water partition coefficient (Wildman–Crippen LogP) is 0.370. The Morgan fingerprint density at radius 1 is 1.62 bits per heavy atom. The Balaban J connectivity index is 4.16. The number of nitrogens with one attached hydrogen (secondary N) is 1. The minimum absolute atomic E-state index is 0.333. The highest BCUT2D eigenvalue weighted by Crippen LogP contribution is 1.94. The van der Waals surface area contributed by atoms with Crippen molar-refractivity contribution in [1.82, 2.24) is 10.4 Å². The average Bonchev–Trinajstić information content (AvgIpc) is 2.02. The lowest BCUT2D eigenvalue weighted by atomic mass is 10.5. The highest BCUT2D eigenvalue weighted by Gasteiger charge is 2.16. The van der Waals surface area contributed by atoms with Crippen molar-refractivity contribution in [1.29, 1.82) is 0 Å². The minimum atomic E-state index is -0.816. The first kappa shape index (κ1) is 11.6. The summed E-state index contributed by atoms with van der Waals surface area (Å²) in [6.45, 7) is 4.30. The van der Waals surface area contributed by atoms with Gasteiger partial charge in [0, 0.05) is 13.1 Å². The van der Waals surface area contributed by atoms with E-state index in [1.807, 2.05) is 0 Å². The first-order valence-electron chi connectivity index (χ1n) is 3.77. The monoisotopic (exact) mass is 187 g/mol. The van der Waals surface area contributed by atoms with E-state index in [1.54, 1.807) is 6.92 Å². The van der Waals surface area contributed by atoms with Crippen molar-refractivity contribution in [2.45, 2.75) is 26.9 Å². The summed E-state index contributed by atoms with van der Waals surface area (Å²) >= 11 is 0. The zero-order valence-corrected chi connectivity index (χ0v) is 7.81. The van der Waals surface area contributed by atoms with Crippen LogP contribution in [0.15, 0.2) is 4.99 Å². The summed E-state index contributed by atoms with van der Waals surface area (Å²) in [5.41, 5.74) is 0. The van der Waals surface area contributed by atoms with Gasteiger partial charge in [-0.25, -0.2) is 9.79 Å². The van der Waals surface area contributed by atoms with Gasteiger partial charge < -0.3 is 5.32 Å². The van der Waals surface area contributed by atoms with Crippen LogP contribution < -0.4 is 5.32 Å². The van der Waals surface area contributed by atoms with Crippen LogP contribution >= 0.6 is 0 Å². The summed E-state index contributed by atoms with van der Waals surface area (Å²) in [5.74, 6) is -0.333. The fourth-order valence-electron chi connectivity index (χ4n) is 0.691. The largest absolute Gasteiger partial charge is 0.368 e. The molecule has 74 valence electrons. The van der Waals surface area contributed by atoms with Crippen LogP contribution in [0.1, 0.15) is 20.8 Å². The predicted molar refractivity (Wildman–Crippen MR) is 46.5 cm³/mol. The molecule has 6 heteroatoms. The van der Waals surface area contributed by atoms with Crippen molar-refractivity contribution in [3.8, 4) is 0 Å². The van der Waals surface area contributed by atoms with Crippen LogP contribution in [0.2, 0.25) is 0 Å². The number of rotatable bonds is 2. The van der Waals surface area contributed by atoms with Crippen molar-refractivity contribution in [3.05, 3.63) is 0 Å². The number of hydroxylamine groups is 2. The molecule has 6 nitrogen and oxygen atoms in total. The number of carbonyl (C=O) groups excluding carboxylic acids is 2. The Kier molecular flexibility index (Phi) is 4.68. The molecule has 0 aliphatic heterocycles. The topological polar surface area (TPSA) is 82.0 Å². The normalized spacial score (nSPS) is 12.6. The summed E-state index contributed by atoms with van der Waals surface area (Å²) in [4.78, 5) is 24.7. The highest BCUT2D eigenvalue weighted by atomic mass is 16.5. The third-order valence-electron chi connectivity index (χ3n) is 1.21. The molecule has 13 heavy (non-hydrogen) atoms. The Labute approximate surface area is 76.2 Å². The Morgan fingerprint density at radius 2 is 2.15 bits per heavy atom. The van der Waals surface area contributed by atoms with E-state index >= 15 is 0 Å². The van der Waals surface area contributed by atoms with Crippen molar-refractivity contribution in [2.24, 2.45) is 4.99 Å². The zero-order chi connectivity index (χ0) is 10.4. The molecule has 0 aromatic carbocycles. The van der Waals surface area contributed by atoms with Crippen molar-refractivity contribution >= 4 is 18.2 Å². The van der Waals surface area contributed by atoms with Gasteiger partial charge in [0.15, 0.2) is 0 Å². The van der Waals surface area contributed by atoms with Crippen LogP contribution in [0, 0.1) is 0 Å². The lowest BCUT2D eigenvalue weighted by molar-refractivity contribution is -0.127. The van der Waals surface area contributed by atoms with E-state index in [4.69, 9.17) is 5.21 Å². The fourth-order valence-corrected chi connectivity index (χ4v) is 0.691. The molecule has 0 spiro atoms. The summed E-state index contributed by atoms with van der Waals surface area (Å²) in [6, 6.07) is -0.816. The van der Waals surface area contributed by atoms with E-state index in [1.165, 1.54) is 20.1 Å². The molecule has 0 heterocycles. The van der Waals surface area contributed by atoms with Gasteiger partial charge in [-0.15, -0.1) is 0 Å². The van der Waals surface area contributed by atoms with Gasteiger partial charge >= 0.3 is 6.03 Å². The van der Waals surface area contributed by atoms with Gasteiger partial charge in [-0.1, -0.05) is 0 Å². The molecule has 0 saturated carbocycles. The molecule has 0 aromatic rings. The maximum absolute atomic E-state index is 10.9. The van der Waals surface area contributed by atoms with Gasteiger partial charge in [0.2, 0.25) is 5.91 Å². The van der Waals surface area contributed by atoms with Gasteiger partial charge in [-0.3, -0.25) is 10.0 Å². The number of hydrogen-bond donors (Lipinski definition) is 2. The molecule has 0 radical (unpaired) electrons. The van der Waals surface area contributed by atoms with Crippen LogP contribution in [0.4, 0.5) is 4.79 Å². The van der Waals surface area contributed by atoms with Gasteiger partial charge in [0.1, 0.15) is 6.17 Å². The average molecular weight is 187 g/mol. The van der Waals surface area contributed by atoms with E-state index < -0.39 is 12.2 Å². The van der Waals surface area contributed by atoms with E-state index in [0.29, 0.717) is 5.06 Å². The second-order valence-electron chi connectivity index (χ2n) is 2.39. The Morgan fingerprint density at radius 3 is 2.54 bits per heavy atom. The summed E-state index contributed by atoms with van der Waals surface area (Å²) in [5, 5.41) is 11.8. The Hall–Kier alpha value is -1.43. The molecular formula is C7H13N3O3. The van der Waals surface area contributed by atoms with Crippen molar-refractivity contribution < 1.29 is 14.8 Å². The molecule has 0 rings (SSSR count). The molecule has 0 aromatic heterocycles. The second kappa shape index (κ2) is 5.26. The molecule has 3 amide bonds. The number of amides is 3. The molecule has 0 fully saturated rings. The smallest absolute Gasteiger partial charge is 0.334 e. The van der Waals surface area contributed by atoms with E-state index in [9.17, 15) is 9.59 Å². The minimum Gasteiger partial charge on any atom is -0.334 e. The maximum Gasteiger partial charge on any atom is 0.368 e. The first-order valence-corrected chi connectivity index (χ1v) is 3.77. The number of aliphatic imine (C=N–C) groups is 1. The highest BCUT2D eigenvalue weighted by molar-refractivity contribution is 5.82. The zero-order valence-electron chi connectivity index (χ0n) is 7.81. The van der Waals surface area contributed by atoms with Crippen LogP contribution in [0.3, 0.4) is 0 Å². The number of urea groups is 1. The quantitative estimate of drug-likeness (QED) is 0.283. The summed E-state index contributed by atoms with van der Waals surface area (Å²) < 4.78 is 0. The lowest BCUT2D eigenvalue weighted by Gasteiger charge is -2.20. The lowest BCUT2D eigenvalue weighted by Crippen LogP contribution is -2.45. The standard InChI is InChI=1S/C7H13N3O3/c1-4-8-7(12)10(13)5(2)9-6(3)11/h4-5,13H,1-3H3,(H,9,11)/b8-4+. The number of nitrogens with zero attached hydrogens (tertiary/aromatic N) is 2. The summed E-state index contributed by atoms with van der Waals surface area (Å²) in [6.07, 6.45) is 0.472. The maximum atomic E-state index is 10.9. The second-order valence-corrected chi connectivity index (χ2v) is 2.39. The number of carbonyl (C=O) groups is 2. The SMILES string of the molecule is C/C=N/C(=O)N(O)C(C)NC(C)=O. The molecule has 1 atom stereocenters. The molecule has 0 aliphatic carbocycles. The third kappa shape index (κ3) is 4.22. The van der Waals surface area contributed by atoms with Crippen LogP contribution in [0.25, 0.3) is 0 Å². The van der Waals surface area contributed by atoms with E-state index in [2.05, 4.69) is 10.3 Å². The van der Waals surface area contributed by atoms with Gasteiger partial charge in [-0.2, -0.15) is 5.06 Å². The van der Waals surface area contributed by atoms with Gasteiger partial charge in [0.05, 0.1) is 0 Å². The molecule has 2 N–H and O–H groups in total.